The molecule has 1 heterocycles. The molecule has 3 aromatic rings. The highest BCUT2D eigenvalue weighted by molar-refractivity contribution is 5.95. The molecular weight excluding hydrogens is 326 g/mol. The second-order valence-corrected chi connectivity index (χ2v) is 6.64. The molecule has 0 aliphatic carbocycles. The van der Waals surface area contributed by atoms with E-state index in [1.807, 2.05) is 62.3 Å². The summed E-state index contributed by atoms with van der Waals surface area (Å²) in [7, 11) is 3.96. The number of carbonyl (C=O) groups is 1. The fraction of sp³-hybridized carbons (Fsp3) is 0.238. The molecule has 2 aromatic carbocycles. The van der Waals surface area contributed by atoms with Crippen LogP contribution in [-0.4, -0.2) is 41.6 Å². The molecule has 0 bridgehead atoms. The van der Waals surface area contributed by atoms with Crippen molar-refractivity contribution in [2.24, 2.45) is 0 Å². The SMILES string of the molecule is Cc1cc(Nc2cccc(C(=O)O)c2CCN(C)C)c2ccccc2n1. The van der Waals surface area contributed by atoms with Gasteiger partial charge in [0.1, 0.15) is 0 Å². The number of aryl methyl sites for hydroxylation is 1. The van der Waals surface area contributed by atoms with Gasteiger partial charge in [-0.3, -0.25) is 4.98 Å². The number of para-hydroxylation sites is 1. The minimum Gasteiger partial charge on any atom is -0.478 e. The van der Waals surface area contributed by atoms with E-state index in [2.05, 4.69) is 10.3 Å². The quantitative estimate of drug-likeness (QED) is 0.702. The van der Waals surface area contributed by atoms with Crippen LogP contribution in [0.3, 0.4) is 0 Å². The molecule has 1 aromatic heterocycles. The number of likely N-dealkylation sites (N-methyl/N-ethyl adjacent to an activating group) is 1. The van der Waals surface area contributed by atoms with Gasteiger partial charge in [-0.2, -0.15) is 0 Å². The smallest absolute Gasteiger partial charge is 0.336 e. The molecule has 0 fully saturated rings. The molecule has 0 unspecified atom stereocenters. The van der Waals surface area contributed by atoms with Crippen molar-refractivity contribution in [2.45, 2.75) is 13.3 Å². The highest BCUT2D eigenvalue weighted by Gasteiger charge is 2.15. The van der Waals surface area contributed by atoms with Crippen LogP contribution in [0.2, 0.25) is 0 Å². The minimum absolute atomic E-state index is 0.340. The molecule has 0 saturated heterocycles. The Hall–Kier alpha value is -2.92. The number of carboxylic acids is 1. The molecule has 0 spiro atoms. The van der Waals surface area contributed by atoms with E-state index in [1.165, 1.54) is 0 Å². The van der Waals surface area contributed by atoms with Gasteiger partial charge in [-0.1, -0.05) is 24.3 Å². The van der Waals surface area contributed by atoms with E-state index in [9.17, 15) is 9.90 Å². The maximum atomic E-state index is 11.7. The van der Waals surface area contributed by atoms with Gasteiger partial charge in [-0.05, 0) is 57.3 Å². The van der Waals surface area contributed by atoms with Crippen molar-refractivity contribution < 1.29 is 9.90 Å². The molecule has 0 amide bonds. The van der Waals surface area contributed by atoms with Crippen LogP contribution in [-0.2, 0) is 6.42 Å². The summed E-state index contributed by atoms with van der Waals surface area (Å²) in [4.78, 5) is 18.3. The van der Waals surface area contributed by atoms with E-state index in [1.54, 1.807) is 12.1 Å². The standard InChI is InChI=1S/C21H23N3O2/c1-14-13-20(17-7-4-5-9-19(17)22-14)23-18-10-6-8-16(21(25)26)15(18)11-12-24(2)3/h4-10,13H,11-12H2,1-3H3,(H,22,23)(H,25,26). The number of rotatable bonds is 6. The number of benzene rings is 2. The zero-order chi connectivity index (χ0) is 18.7. The summed E-state index contributed by atoms with van der Waals surface area (Å²) < 4.78 is 0. The Morgan fingerprint density at radius 1 is 1.12 bits per heavy atom. The van der Waals surface area contributed by atoms with Crippen molar-refractivity contribution in [3.63, 3.8) is 0 Å². The maximum Gasteiger partial charge on any atom is 0.336 e. The number of aromatic nitrogens is 1. The number of nitrogens with zero attached hydrogens (tertiary/aromatic N) is 2. The number of carboxylic acid groups (broad SMARTS) is 1. The first kappa shape index (κ1) is 17.9. The number of hydrogen-bond acceptors (Lipinski definition) is 4. The number of aromatic carboxylic acids is 1. The fourth-order valence-corrected chi connectivity index (χ4v) is 3.07. The Kier molecular flexibility index (Phi) is 5.19. The lowest BCUT2D eigenvalue weighted by molar-refractivity contribution is 0.0695. The predicted octanol–water partition coefficient (Wildman–Crippen LogP) is 4.09. The van der Waals surface area contributed by atoms with E-state index in [4.69, 9.17) is 0 Å². The predicted molar refractivity (Wildman–Crippen MR) is 105 cm³/mol. The molecule has 0 atom stereocenters. The molecule has 0 aliphatic heterocycles. The van der Waals surface area contributed by atoms with Crippen molar-refractivity contribution in [2.75, 3.05) is 26.0 Å². The third-order valence-corrected chi connectivity index (χ3v) is 4.33. The molecule has 0 radical (unpaired) electrons. The average Bonchev–Trinajstić information content (AvgIpc) is 2.60. The summed E-state index contributed by atoms with van der Waals surface area (Å²) in [5.41, 5.74) is 4.73. The van der Waals surface area contributed by atoms with Crippen LogP contribution < -0.4 is 5.32 Å². The molecule has 2 N–H and O–H groups in total. The van der Waals surface area contributed by atoms with Crippen molar-refractivity contribution in [1.29, 1.82) is 0 Å². The first-order chi connectivity index (χ1) is 12.5. The third kappa shape index (κ3) is 3.83. The van der Waals surface area contributed by atoms with E-state index in [0.717, 1.165) is 40.1 Å². The normalized spacial score (nSPS) is 11.1. The molecule has 134 valence electrons. The Balaban J connectivity index is 2.07. The Morgan fingerprint density at radius 2 is 1.88 bits per heavy atom. The molecule has 3 rings (SSSR count). The number of nitrogens with one attached hydrogen (secondary N) is 1. The molecular formula is C21H23N3O2. The van der Waals surface area contributed by atoms with Gasteiger partial charge in [0.2, 0.25) is 0 Å². The monoisotopic (exact) mass is 349 g/mol. The van der Waals surface area contributed by atoms with Gasteiger partial charge in [0.25, 0.3) is 0 Å². The molecule has 5 heteroatoms. The summed E-state index contributed by atoms with van der Waals surface area (Å²) in [5, 5.41) is 14.1. The summed E-state index contributed by atoms with van der Waals surface area (Å²) in [6, 6.07) is 15.3. The van der Waals surface area contributed by atoms with Crippen LogP contribution in [0, 0.1) is 6.92 Å². The molecule has 5 nitrogen and oxygen atoms in total. The first-order valence-corrected chi connectivity index (χ1v) is 8.59. The van der Waals surface area contributed by atoms with Crippen molar-refractivity contribution >= 4 is 28.2 Å². The van der Waals surface area contributed by atoms with Gasteiger partial charge in [0.05, 0.1) is 11.1 Å². The van der Waals surface area contributed by atoms with E-state index >= 15 is 0 Å². The first-order valence-electron chi connectivity index (χ1n) is 8.59. The summed E-state index contributed by atoms with van der Waals surface area (Å²) in [5.74, 6) is -0.904. The Bertz CT molecular complexity index is 951. The van der Waals surface area contributed by atoms with Crippen molar-refractivity contribution in [3.05, 3.63) is 65.4 Å². The third-order valence-electron chi connectivity index (χ3n) is 4.33. The number of fused-ring (bicyclic) bond motifs is 1. The zero-order valence-corrected chi connectivity index (χ0v) is 15.3. The number of anilines is 2. The highest BCUT2D eigenvalue weighted by atomic mass is 16.4. The van der Waals surface area contributed by atoms with Crippen LogP contribution >= 0.6 is 0 Å². The van der Waals surface area contributed by atoms with Gasteiger partial charge in [0.15, 0.2) is 0 Å². The lowest BCUT2D eigenvalue weighted by atomic mass is 10.0. The van der Waals surface area contributed by atoms with Gasteiger partial charge < -0.3 is 15.3 Å². The number of hydrogen-bond donors (Lipinski definition) is 2. The van der Waals surface area contributed by atoms with Crippen LogP contribution in [0.1, 0.15) is 21.6 Å². The van der Waals surface area contributed by atoms with Crippen LogP contribution in [0.25, 0.3) is 10.9 Å². The summed E-state index contributed by atoms with van der Waals surface area (Å²) in [6.07, 6.45) is 0.653. The highest BCUT2D eigenvalue weighted by Crippen LogP contribution is 2.29. The van der Waals surface area contributed by atoms with E-state index in [0.29, 0.717) is 12.0 Å². The van der Waals surface area contributed by atoms with Crippen molar-refractivity contribution in [1.82, 2.24) is 9.88 Å². The second kappa shape index (κ2) is 7.54. The minimum atomic E-state index is -0.904. The Labute approximate surface area is 153 Å². The molecule has 0 saturated carbocycles. The fourth-order valence-electron chi connectivity index (χ4n) is 3.07. The van der Waals surface area contributed by atoms with E-state index in [-0.39, 0.29) is 0 Å². The van der Waals surface area contributed by atoms with Gasteiger partial charge in [0, 0.05) is 29.0 Å². The summed E-state index contributed by atoms with van der Waals surface area (Å²) >= 11 is 0. The van der Waals surface area contributed by atoms with Crippen LogP contribution in [0.4, 0.5) is 11.4 Å². The van der Waals surface area contributed by atoms with Gasteiger partial charge >= 0.3 is 5.97 Å². The van der Waals surface area contributed by atoms with Crippen molar-refractivity contribution in [3.8, 4) is 0 Å². The van der Waals surface area contributed by atoms with Crippen LogP contribution in [0.15, 0.2) is 48.5 Å². The summed E-state index contributed by atoms with van der Waals surface area (Å²) in [6.45, 7) is 2.73. The molecule has 0 aliphatic rings. The second-order valence-electron chi connectivity index (χ2n) is 6.64. The lowest BCUT2D eigenvalue weighted by Crippen LogP contribution is -2.17. The Morgan fingerprint density at radius 3 is 2.62 bits per heavy atom. The maximum absolute atomic E-state index is 11.7. The average molecular weight is 349 g/mol. The lowest BCUT2D eigenvalue weighted by Gasteiger charge is -2.18. The van der Waals surface area contributed by atoms with E-state index < -0.39 is 5.97 Å². The van der Waals surface area contributed by atoms with Gasteiger partial charge in [-0.25, -0.2) is 4.79 Å². The van der Waals surface area contributed by atoms with Gasteiger partial charge in [-0.15, -0.1) is 0 Å². The number of pyridine rings is 1. The van der Waals surface area contributed by atoms with Crippen LogP contribution in [0.5, 0.6) is 0 Å². The zero-order valence-electron chi connectivity index (χ0n) is 15.3. The molecule has 26 heavy (non-hydrogen) atoms. The largest absolute Gasteiger partial charge is 0.478 e. The topological polar surface area (TPSA) is 65.5 Å².